The Morgan fingerprint density at radius 1 is 0.667 bits per heavy atom. The van der Waals surface area contributed by atoms with Gasteiger partial charge in [0.15, 0.2) is 0 Å². The number of halogens is 1. The van der Waals surface area contributed by atoms with Gasteiger partial charge in [0.25, 0.3) is 0 Å². The molecule has 0 amide bonds. The van der Waals surface area contributed by atoms with Crippen LogP contribution in [0, 0.1) is 17.8 Å². The van der Waals surface area contributed by atoms with E-state index in [-0.39, 0.29) is 0 Å². The SMILES string of the molecule is CCC(C)(C)F.CCC(C)C.CCC(C)CCCCC(C)CC.CCC(C)c1ccccc1. The topological polar surface area (TPSA) is 0 Å². The predicted octanol–water partition coefficient (Wildman–Crippen LogP) is 12.0. The van der Waals surface area contributed by atoms with Crippen molar-refractivity contribution in [2.24, 2.45) is 17.8 Å². The van der Waals surface area contributed by atoms with Crippen LogP contribution in [0.2, 0.25) is 0 Å². The van der Waals surface area contributed by atoms with Gasteiger partial charge in [0.05, 0.1) is 0 Å². The first-order valence-corrected chi connectivity index (χ1v) is 14.1. The lowest BCUT2D eigenvalue weighted by atomic mass is 9.97. The molecular weight excluding hydrogens is 403 g/mol. The molecule has 3 atom stereocenters. The van der Waals surface area contributed by atoms with Crippen LogP contribution >= 0.6 is 0 Å². The molecule has 1 heteroatoms. The van der Waals surface area contributed by atoms with Crippen LogP contribution in [0.1, 0.15) is 152 Å². The molecule has 33 heavy (non-hydrogen) atoms. The highest BCUT2D eigenvalue weighted by atomic mass is 19.1. The van der Waals surface area contributed by atoms with Crippen LogP contribution in [0.3, 0.4) is 0 Å². The van der Waals surface area contributed by atoms with E-state index in [9.17, 15) is 4.39 Å². The second-order valence-electron chi connectivity index (χ2n) is 10.9. The van der Waals surface area contributed by atoms with Crippen LogP contribution < -0.4 is 0 Å². The fourth-order valence-electron chi connectivity index (χ4n) is 2.41. The highest BCUT2D eigenvalue weighted by molar-refractivity contribution is 5.18. The summed E-state index contributed by atoms with van der Waals surface area (Å²) in [5.41, 5.74) is 0.491. The number of unbranched alkanes of at least 4 members (excludes halogenated alkanes) is 1. The standard InChI is InChI=1S/C12H26.C10H14.C5H11F.C5H12/c1-5-11(3)9-7-8-10-12(4)6-2;1-3-9(2)10-7-5-4-6-8-10;1-4-5(2,3)6;1-4-5(2)3/h11-12H,5-10H2,1-4H3;4-9H,3H2,1-2H3;4H2,1-3H3;5H,4H2,1-3H3. The first-order valence-electron chi connectivity index (χ1n) is 14.1. The van der Waals surface area contributed by atoms with E-state index in [1.165, 1.54) is 56.9 Å². The van der Waals surface area contributed by atoms with Gasteiger partial charge in [-0.3, -0.25) is 0 Å². The Bertz CT molecular complexity index is 459. The van der Waals surface area contributed by atoms with Crippen LogP contribution in [-0.2, 0) is 0 Å². The van der Waals surface area contributed by atoms with E-state index >= 15 is 0 Å². The molecule has 0 aliphatic heterocycles. The van der Waals surface area contributed by atoms with Crippen LogP contribution in [-0.4, -0.2) is 5.67 Å². The van der Waals surface area contributed by atoms with E-state index in [1.807, 2.05) is 6.92 Å². The third-order valence-corrected chi connectivity index (χ3v) is 6.68. The Labute approximate surface area is 210 Å². The van der Waals surface area contributed by atoms with E-state index in [2.05, 4.69) is 92.6 Å². The summed E-state index contributed by atoms with van der Waals surface area (Å²) in [7, 11) is 0. The lowest BCUT2D eigenvalue weighted by molar-refractivity contribution is 0.210. The third-order valence-electron chi connectivity index (χ3n) is 6.68. The highest BCUT2D eigenvalue weighted by Crippen LogP contribution is 2.17. The van der Waals surface area contributed by atoms with Crippen LogP contribution in [0.15, 0.2) is 30.3 Å². The minimum absolute atomic E-state index is 0.604. The molecule has 198 valence electrons. The monoisotopic (exact) mass is 466 g/mol. The maximum atomic E-state index is 12.1. The summed E-state index contributed by atoms with van der Waals surface area (Å²) in [6, 6.07) is 10.6. The van der Waals surface area contributed by atoms with Gasteiger partial charge < -0.3 is 0 Å². The summed E-state index contributed by atoms with van der Waals surface area (Å²) >= 11 is 0. The second kappa shape index (κ2) is 24.3. The summed E-state index contributed by atoms with van der Waals surface area (Å²) in [5.74, 6) is 3.49. The number of alkyl halides is 1. The van der Waals surface area contributed by atoms with Crippen molar-refractivity contribution >= 4 is 0 Å². The average Bonchev–Trinajstić information content (AvgIpc) is 2.82. The van der Waals surface area contributed by atoms with Crippen molar-refractivity contribution in [2.45, 2.75) is 152 Å². The molecule has 0 saturated carbocycles. The quantitative estimate of drug-likeness (QED) is 0.284. The molecule has 1 aromatic carbocycles. The molecule has 0 N–H and O–H groups in total. The lowest BCUT2D eigenvalue weighted by Gasteiger charge is -2.10. The highest BCUT2D eigenvalue weighted by Gasteiger charge is 2.09. The van der Waals surface area contributed by atoms with Crippen LogP contribution in [0.25, 0.3) is 0 Å². The average molecular weight is 467 g/mol. The first-order chi connectivity index (χ1) is 15.4. The van der Waals surface area contributed by atoms with E-state index in [0.29, 0.717) is 12.3 Å². The molecule has 0 saturated heterocycles. The minimum atomic E-state index is -0.958. The van der Waals surface area contributed by atoms with Crippen molar-refractivity contribution < 1.29 is 4.39 Å². The van der Waals surface area contributed by atoms with Crippen molar-refractivity contribution in [3.63, 3.8) is 0 Å². The molecule has 0 fully saturated rings. The van der Waals surface area contributed by atoms with Gasteiger partial charge >= 0.3 is 0 Å². The number of hydrogen-bond acceptors (Lipinski definition) is 0. The third kappa shape index (κ3) is 31.1. The molecule has 0 radical (unpaired) electrons. The zero-order valence-electron chi connectivity index (χ0n) is 24.9. The van der Waals surface area contributed by atoms with Gasteiger partial charge in [-0.15, -0.1) is 0 Å². The Balaban J connectivity index is -0.000000386. The molecule has 0 aliphatic rings. The smallest absolute Gasteiger partial charge is 0.105 e. The van der Waals surface area contributed by atoms with Crippen molar-refractivity contribution in [1.29, 1.82) is 0 Å². The van der Waals surface area contributed by atoms with Gasteiger partial charge in [0.1, 0.15) is 5.67 Å². The molecular formula is C32H63F. The molecule has 1 aromatic rings. The minimum Gasteiger partial charge on any atom is -0.245 e. The maximum Gasteiger partial charge on any atom is 0.105 e. The number of hydrogen-bond donors (Lipinski definition) is 0. The molecule has 0 aromatic heterocycles. The van der Waals surface area contributed by atoms with Gasteiger partial charge in [0, 0.05) is 0 Å². The predicted molar refractivity (Wildman–Crippen MR) is 153 cm³/mol. The summed E-state index contributed by atoms with van der Waals surface area (Å²) in [6.45, 7) is 25.4. The largest absolute Gasteiger partial charge is 0.245 e. The van der Waals surface area contributed by atoms with Crippen LogP contribution in [0.4, 0.5) is 4.39 Å². The summed E-state index contributed by atoms with van der Waals surface area (Å²) in [6.07, 6.45) is 11.6. The summed E-state index contributed by atoms with van der Waals surface area (Å²) in [4.78, 5) is 0. The normalized spacial score (nSPS) is 13.4. The maximum absolute atomic E-state index is 12.1. The first kappa shape index (κ1) is 36.7. The lowest BCUT2D eigenvalue weighted by Crippen LogP contribution is -2.07. The molecule has 1 rings (SSSR count). The molecule has 0 nitrogen and oxygen atoms in total. The fourth-order valence-corrected chi connectivity index (χ4v) is 2.41. The van der Waals surface area contributed by atoms with Crippen LogP contribution in [0.5, 0.6) is 0 Å². The molecule has 0 aliphatic carbocycles. The Kier molecular flexibility index (Phi) is 27.0. The molecule has 0 heterocycles. The zero-order chi connectivity index (χ0) is 26.3. The van der Waals surface area contributed by atoms with E-state index in [1.54, 1.807) is 13.8 Å². The van der Waals surface area contributed by atoms with Gasteiger partial charge in [-0.05, 0) is 55.9 Å². The van der Waals surface area contributed by atoms with Crippen molar-refractivity contribution in [3.05, 3.63) is 35.9 Å². The zero-order valence-corrected chi connectivity index (χ0v) is 24.9. The second-order valence-corrected chi connectivity index (χ2v) is 10.9. The van der Waals surface area contributed by atoms with Gasteiger partial charge in [-0.2, -0.15) is 0 Å². The Morgan fingerprint density at radius 2 is 1.03 bits per heavy atom. The summed E-state index contributed by atoms with van der Waals surface area (Å²) in [5, 5.41) is 0. The molecule has 0 bridgehead atoms. The summed E-state index contributed by atoms with van der Waals surface area (Å²) < 4.78 is 12.1. The molecule has 0 spiro atoms. The van der Waals surface area contributed by atoms with E-state index < -0.39 is 5.67 Å². The van der Waals surface area contributed by atoms with Crippen molar-refractivity contribution in [3.8, 4) is 0 Å². The van der Waals surface area contributed by atoms with E-state index in [4.69, 9.17) is 0 Å². The van der Waals surface area contributed by atoms with Crippen molar-refractivity contribution in [2.75, 3.05) is 0 Å². The molecule has 3 unspecified atom stereocenters. The Hall–Kier alpha value is -0.850. The Morgan fingerprint density at radius 3 is 1.27 bits per heavy atom. The van der Waals surface area contributed by atoms with E-state index in [0.717, 1.165) is 17.8 Å². The number of rotatable bonds is 11. The van der Waals surface area contributed by atoms with Crippen molar-refractivity contribution in [1.82, 2.24) is 0 Å². The fraction of sp³-hybridized carbons (Fsp3) is 0.812. The number of benzene rings is 1. The van der Waals surface area contributed by atoms with Gasteiger partial charge in [-0.1, -0.05) is 145 Å². The van der Waals surface area contributed by atoms with Gasteiger partial charge in [-0.25, -0.2) is 4.39 Å². The van der Waals surface area contributed by atoms with Gasteiger partial charge in [0.2, 0.25) is 0 Å².